The molecule has 180 valence electrons. The van der Waals surface area contributed by atoms with Crippen molar-refractivity contribution >= 4 is 18.0 Å². The van der Waals surface area contributed by atoms with Crippen LogP contribution in [0.5, 0.6) is 0 Å². The summed E-state index contributed by atoms with van der Waals surface area (Å²) in [5.74, 6) is -1.33. The van der Waals surface area contributed by atoms with E-state index in [0.717, 1.165) is 22.3 Å². The molecule has 1 aliphatic heterocycles. The fraction of sp³-hybridized carbons (Fsp3) is 0.423. The lowest BCUT2D eigenvalue weighted by Crippen LogP contribution is -2.56. The number of hydrogen-bond donors (Lipinski definition) is 2. The minimum absolute atomic E-state index is 0.0609. The Bertz CT molecular complexity index is 1030. The highest BCUT2D eigenvalue weighted by molar-refractivity contribution is 5.86. The van der Waals surface area contributed by atoms with Gasteiger partial charge in [0.1, 0.15) is 12.6 Å². The van der Waals surface area contributed by atoms with E-state index in [9.17, 15) is 19.5 Å². The standard InChI is InChI=1S/C26H30N2O6/c1-3-22(23(29)28-14-12-26(33-2,13-15-28)24(30)31)27-25(32)34-16-21-19-10-6-4-8-17(19)18-9-5-7-11-20(18)21/h4-11,21-22H,3,12-16H2,1-2H3,(H,27,32)(H,30,31). The van der Waals surface area contributed by atoms with Gasteiger partial charge in [-0.1, -0.05) is 55.5 Å². The Balaban J connectivity index is 1.36. The molecular formula is C26H30N2O6. The fourth-order valence-corrected chi connectivity index (χ4v) is 4.93. The monoisotopic (exact) mass is 466 g/mol. The first kappa shape index (κ1) is 23.8. The molecular weight excluding hydrogens is 436 g/mol. The van der Waals surface area contributed by atoms with E-state index in [0.29, 0.717) is 6.42 Å². The third-order valence-corrected chi connectivity index (χ3v) is 7.01. The number of hydrogen-bond acceptors (Lipinski definition) is 5. The summed E-state index contributed by atoms with van der Waals surface area (Å²) < 4.78 is 10.8. The van der Waals surface area contributed by atoms with Crippen molar-refractivity contribution in [2.24, 2.45) is 0 Å². The van der Waals surface area contributed by atoms with Gasteiger partial charge in [0.2, 0.25) is 5.91 Å². The van der Waals surface area contributed by atoms with Crippen LogP contribution in [-0.4, -0.2) is 66.4 Å². The number of methoxy groups -OCH3 is 1. The van der Waals surface area contributed by atoms with Gasteiger partial charge in [-0.3, -0.25) is 4.79 Å². The third kappa shape index (κ3) is 4.37. The first-order valence-corrected chi connectivity index (χ1v) is 11.6. The molecule has 0 aromatic heterocycles. The molecule has 8 heteroatoms. The van der Waals surface area contributed by atoms with Gasteiger partial charge in [-0.2, -0.15) is 0 Å². The number of carboxylic acids is 1. The molecule has 2 aromatic carbocycles. The van der Waals surface area contributed by atoms with Crippen LogP contribution in [0.3, 0.4) is 0 Å². The molecule has 2 aliphatic rings. The summed E-state index contributed by atoms with van der Waals surface area (Å²) in [5.41, 5.74) is 3.26. The summed E-state index contributed by atoms with van der Waals surface area (Å²) in [5, 5.41) is 12.2. The molecule has 1 heterocycles. The zero-order valence-electron chi connectivity index (χ0n) is 19.5. The van der Waals surface area contributed by atoms with Crippen LogP contribution in [0.15, 0.2) is 48.5 Å². The third-order valence-electron chi connectivity index (χ3n) is 7.01. The number of likely N-dealkylation sites (tertiary alicyclic amines) is 1. The lowest BCUT2D eigenvalue weighted by Gasteiger charge is -2.38. The van der Waals surface area contributed by atoms with Gasteiger partial charge in [-0.25, -0.2) is 9.59 Å². The number of carbonyl (C=O) groups is 3. The predicted molar refractivity (Wildman–Crippen MR) is 125 cm³/mol. The highest BCUT2D eigenvalue weighted by atomic mass is 16.5. The predicted octanol–water partition coefficient (Wildman–Crippen LogP) is 3.40. The molecule has 4 rings (SSSR count). The topological polar surface area (TPSA) is 105 Å². The Kier molecular flexibility index (Phi) is 6.88. The molecule has 0 radical (unpaired) electrons. The van der Waals surface area contributed by atoms with Crippen molar-refractivity contribution in [3.8, 4) is 11.1 Å². The zero-order valence-corrected chi connectivity index (χ0v) is 19.5. The lowest BCUT2D eigenvalue weighted by molar-refractivity contribution is -0.170. The fourth-order valence-electron chi connectivity index (χ4n) is 4.93. The van der Waals surface area contributed by atoms with Gasteiger partial charge >= 0.3 is 12.1 Å². The highest BCUT2D eigenvalue weighted by Gasteiger charge is 2.43. The molecule has 1 unspecified atom stereocenters. The lowest BCUT2D eigenvalue weighted by atomic mass is 9.91. The quantitative estimate of drug-likeness (QED) is 0.648. The first-order chi connectivity index (χ1) is 16.4. The Morgan fingerprint density at radius 3 is 2.12 bits per heavy atom. The molecule has 2 N–H and O–H groups in total. The van der Waals surface area contributed by atoms with Crippen LogP contribution in [0.1, 0.15) is 43.2 Å². The molecule has 1 aliphatic carbocycles. The minimum atomic E-state index is -1.27. The van der Waals surface area contributed by atoms with Crippen molar-refractivity contribution < 1.29 is 29.0 Å². The maximum Gasteiger partial charge on any atom is 0.407 e. The van der Waals surface area contributed by atoms with Crippen molar-refractivity contribution in [2.45, 2.75) is 43.7 Å². The molecule has 34 heavy (non-hydrogen) atoms. The average molecular weight is 467 g/mol. The van der Waals surface area contributed by atoms with Crippen LogP contribution in [-0.2, 0) is 19.1 Å². The zero-order chi connectivity index (χ0) is 24.3. The maximum absolute atomic E-state index is 13.0. The number of amides is 2. The van der Waals surface area contributed by atoms with E-state index in [4.69, 9.17) is 9.47 Å². The number of aliphatic carboxylic acids is 1. The Labute approximate surface area is 198 Å². The molecule has 0 spiro atoms. The van der Waals surface area contributed by atoms with Gasteiger partial charge in [0.25, 0.3) is 0 Å². The van der Waals surface area contributed by atoms with Gasteiger partial charge in [0.05, 0.1) is 0 Å². The van der Waals surface area contributed by atoms with Crippen molar-refractivity contribution in [3.05, 3.63) is 59.7 Å². The summed E-state index contributed by atoms with van der Waals surface area (Å²) in [4.78, 5) is 38.7. The average Bonchev–Trinajstić information content (AvgIpc) is 3.19. The molecule has 2 aromatic rings. The molecule has 1 fully saturated rings. The van der Waals surface area contributed by atoms with E-state index in [1.807, 2.05) is 43.3 Å². The molecule has 2 amide bonds. The molecule has 8 nitrogen and oxygen atoms in total. The molecule has 1 atom stereocenters. The summed E-state index contributed by atoms with van der Waals surface area (Å²) in [6.45, 7) is 2.49. The van der Waals surface area contributed by atoms with E-state index in [1.54, 1.807) is 4.90 Å². The van der Waals surface area contributed by atoms with Crippen molar-refractivity contribution in [2.75, 3.05) is 26.8 Å². The van der Waals surface area contributed by atoms with E-state index >= 15 is 0 Å². The number of nitrogens with one attached hydrogen (secondary N) is 1. The van der Waals surface area contributed by atoms with E-state index in [2.05, 4.69) is 17.4 Å². The van der Waals surface area contributed by atoms with E-state index < -0.39 is 23.7 Å². The van der Waals surface area contributed by atoms with Crippen molar-refractivity contribution in [1.29, 1.82) is 0 Å². The number of benzene rings is 2. The Morgan fingerprint density at radius 1 is 1.06 bits per heavy atom. The van der Waals surface area contributed by atoms with Gasteiger partial charge in [-0.15, -0.1) is 0 Å². The molecule has 1 saturated heterocycles. The summed E-state index contributed by atoms with van der Waals surface area (Å²) in [7, 11) is 1.37. The van der Waals surface area contributed by atoms with Gasteiger partial charge in [0.15, 0.2) is 5.60 Å². The maximum atomic E-state index is 13.0. The number of carbonyl (C=O) groups excluding carboxylic acids is 2. The van der Waals surface area contributed by atoms with Crippen LogP contribution in [0.4, 0.5) is 4.79 Å². The van der Waals surface area contributed by atoms with Gasteiger partial charge < -0.3 is 24.8 Å². The van der Waals surface area contributed by atoms with Crippen molar-refractivity contribution in [3.63, 3.8) is 0 Å². The van der Waals surface area contributed by atoms with Crippen LogP contribution in [0.2, 0.25) is 0 Å². The largest absolute Gasteiger partial charge is 0.479 e. The molecule has 0 bridgehead atoms. The second kappa shape index (κ2) is 9.85. The smallest absolute Gasteiger partial charge is 0.407 e. The van der Waals surface area contributed by atoms with Crippen molar-refractivity contribution in [1.82, 2.24) is 10.2 Å². The number of nitrogens with zero attached hydrogens (tertiary/aromatic N) is 1. The van der Waals surface area contributed by atoms with E-state index in [1.165, 1.54) is 7.11 Å². The van der Waals surface area contributed by atoms with Crippen LogP contribution < -0.4 is 5.32 Å². The Morgan fingerprint density at radius 2 is 1.62 bits per heavy atom. The summed E-state index contributed by atoms with van der Waals surface area (Å²) in [6.07, 6.45) is 0.155. The SMILES string of the molecule is CCC(NC(=O)OCC1c2ccccc2-c2ccccc21)C(=O)N1CCC(OC)(C(=O)O)CC1. The van der Waals surface area contributed by atoms with Gasteiger partial charge in [-0.05, 0) is 28.7 Å². The van der Waals surface area contributed by atoms with Crippen LogP contribution in [0, 0.1) is 0 Å². The number of piperidine rings is 1. The number of carboxylic acid groups (broad SMARTS) is 1. The van der Waals surface area contributed by atoms with Gasteiger partial charge in [0, 0.05) is 39.0 Å². The number of fused-ring (bicyclic) bond motifs is 3. The second-order valence-corrected chi connectivity index (χ2v) is 8.76. The Hall–Kier alpha value is -3.39. The van der Waals surface area contributed by atoms with Crippen LogP contribution >= 0.6 is 0 Å². The minimum Gasteiger partial charge on any atom is -0.479 e. The number of alkyl carbamates (subject to hydrolysis) is 1. The molecule has 0 saturated carbocycles. The number of ether oxygens (including phenoxy) is 2. The second-order valence-electron chi connectivity index (χ2n) is 8.76. The highest BCUT2D eigenvalue weighted by Crippen LogP contribution is 2.44. The number of rotatable bonds is 7. The normalized spacial score (nSPS) is 17.4. The summed E-state index contributed by atoms with van der Waals surface area (Å²) >= 11 is 0. The first-order valence-electron chi connectivity index (χ1n) is 11.6. The summed E-state index contributed by atoms with van der Waals surface area (Å²) in [6, 6.07) is 15.4. The van der Waals surface area contributed by atoms with E-state index in [-0.39, 0.29) is 44.4 Å². The van der Waals surface area contributed by atoms with Crippen LogP contribution in [0.25, 0.3) is 11.1 Å².